The number of rotatable bonds is 4. The third kappa shape index (κ3) is 3.01. The fourth-order valence-electron chi connectivity index (χ4n) is 1.07. The van der Waals surface area contributed by atoms with Crippen molar-refractivity contribution in [2.75, 3.05) is 0 Å². The molecular formula is C10H9BO3S. The van der Waals surface area contributed by atoms with Crippen molar-refractivity contribution in [1.29, 1.82) is 0 Å². The molecule has 3 nitrogen and oxygen atoms in total. The highest BCUT2D eigenvalue weighted by Gasteiger charge is 2.21. The average molecular weight is 220 g/mol. The summed E-state index contributed by atoms with van der Waals surface area (Å²) in [6.07, 6.45) is 0. The Balaban J connectivity index is 1.90. The van der Waals surface area contributed by atoms with Crippen molar-refractivity contribution in [2.24, 2.45) is 0 Å². The van der Waals surface area contributed by atoms with E-state index < -0.39 is 7.32 Å². The first-order chi connectivity index (χ1) is 7.34. The molecule has 15 heavy (non-hydrogen) atoms. The molecule has 2 rings (SSSR count). The van der Waals surface area contributed by atoms with Gasteiger partial charge in [0.05, 0.1) is 0 Å². The molecule has 1 N–H and O–H groups in total. The lowest BCUT2D eigenvalue weighted by Gasteiger charge is -2.08. The minimum Gasteiger partial charge on any atom is -0.501 e. The first kappa shape index (κ1) is 10.1. The maximum Gasteiger partial charge on any atom is 0.785 e. The Labute approximate surface area is 92.1 Å². The first-order valence-electron chi connectivity index (χ1n) is 4.44. The predicted molar refractivity (Wildman–Crippen MR) is 60.0 cm³/mol. The van der Waals surface area contributed by atoms with E-state index in [0.717, 1.165) is 0 Å². The van der Waals surface area contributed by atoms with Gasteiger partial charge in [0, 0.05) is 0 Å². The number of para-hydroxylation sites is 1. The van der Waals surface area contributed by atoms with E-state index in [2.05, 4.69) is 0 Å². The Morgan fingerprint density at radius 1 is 1.00 bits per heavy atom. The van der Waals surface area contributed by atoms with E-state index in [0.29, 0.717) is 10.8 Å². The maximum absolute atomic E-state index is 9.44. The molecule has 0 saturated carbocycles. The van der Waals surface area contributed by atoms with E-state index in [-0.39, 0.29) is 0 Å². The summed E-state index contributed by atoms with van der Waals surface area (Å²) in [6.45, 7) is 0. The fourth-order valence-corrected chi connectivity index (χ4v) is 1.66. The van der Waals surface area contributed by atoms with Gasteiger partial charge in [-0.05, 0) is 29.6 Å². The summed E-state index contributed by atoms with van der Waals surface area (Å²) in [5, 5.41) is 11.9. The highest BCUT2D eigenvalue weighted by Crippen LogP contribution is 2.19. The van der Waals surface area contributed by atoms with Crippen LogP contribution in [0.1, 0.15) is 0 Å². The molecule has 2 aromatic rings. The molecule has 0 aliphatic rings. The largest absolute Gasteiger partial charge is 0.785 e. The Kier molecular flexibility index (Phi) is 3.27. The Hall–Kier alpha value is -1.46. The zero-order chi connectivity index (χ0) is 10.5. The lowest BCUT2D eigenvalue weighted by atomic mass is 10.2. The highest BCUT2D eigenvalue weighted by atomic mass is 32.1. The molecule has 0 spiro atoms. The summed E-state index contributed by atoms with van der Waals surface area (Å²) in [7, 11) is -1.27. The summed E-state index contributed by atoms with van der Waals surface area (Å²) < 4.78 is 10.2. The SMILES string of the molecule is OB(Oc1ccccc1)Oc1cccs1. The van der Waals surface area contributed by atoms with Gasteiger partial charge < -0.3 is 14.3 Å². The number of hydrogen-bond donors (Lipinski definition) is 1. The highest BCUT2D eigenvalue weighted by molar-refractivity contribution is 7.12. The molecule has 1 aromatic heterocycles. The topological polar surface area (TPSA) is 38.7 Å². The summed E-state index contributed by atoms with van der Waals surface area (Å²) in [4.78, 5) is 0. The van der Waals surface area contributed by atoms with E-state index >= 15 is 0 Å². The van der Waals surface area contributed by atoms with Gasteiger partial charge in [-0.15, -0.1) is 11.3 Å². The van der Waals surface area contributed by atoms with E-state index in [9.17, 15) is 5.02 Å². The molecule has 0 saturated heterocycles. The van der Waals surface area contributed by atoms with Crippen molar-refractivity contribution in [3.8, 4) is 10.8 Å². The van der Waals surface area contributed by atoms with Crippen molar-refractivity contribution in [1.82, 2.24) is 0 Å². The van der Waals surface area contributed by atoms with Crippen LogP contribution in [0.25, 0.3) is 0 Å². The van der Waals surface area contributed by atoms with Gasteiger partial charge in [-0.2, -0.15) is 0 Å². The number of thiophene rings is 1. The monoisotopic (exact) mass is 220 g/mol. The molecule has 0 atom stereocenters. The van der Waals surface area contributed by atoms with Crippen molar-refractivity contribution in [3.63, 3.8) is 0 Å². The zero-order valence-electron chi connectivity index (χ0n) is 7.87. The van der Waals surface area contributed by atoms with Gasteiger partial charge in [0.2, 0.25) is 0 Å². The van der Waals surface area contributed by atoms with Crippen molar-refractivity contribution < 1.29 is 14.3 Å². The van der Waals surface area contributed by atoms with Crippen LogP contribution >= 0.6 is 11.3 Å². The summed E-state index contributed by atoms with van der Waals surface area (Å²) in [6, 6.07) is 12.6. The summed E-state index contributed by atoms with van der Waals surface area (Å²) in [5.74, 6) is 0.571. The Morgan fingerprint density at radius 2 is 1.80 bits per heavy atom. The van der Waals surface area contributed by atoms with Crippen LogP contribution in [0.4, 0.5) is 0 Å². The van der Waals surface area contributed by atoms with Crippen LogP contribution in [0.5, 0.6) is 10.8 Å². The van der Waals surface area contributed by atoms with E-state index in [1.54, 1.807) is 18.2 Å². The number of benzene rings is 1. The van der Waals surface area contributed by atoms with E-state index in [4.69, 9.17) is 9.31 Å². The quantitative estimate of drug-likeness (QED) is 0.802. The molecule has 0 radical (unpaired) electrons. The summed E-state index contributed by atoms with van der Waals surface area (Å²) >= 11 is 1.40. The van der Waals surface area contributed by atoms with Crippen LogP contribution in [-0.4, -0.2) is 12.3 Å². The molecule has 0 fully saturated rings. The van der Waals surface area contributed by atoms with Crippen molar-refractivity contribution in [3.05, 3.63) is 47.8 Å². The number of hydrogen-bond acceptors (Lipinski definition) is 4. The normalized spacial score (nSPS) is 9.67. The van der Waals surface area contributed by atoms with Crippen LogP contribution in [0.3, 0.4) is 0 Å². The molecule has 0 aliphatic heterocycles. The second-order valence-corrected chi connectivity index (χ2v) is 3.70. The zero-order valence-corrected chi connectivity index (χ0v) is 8.68. The third-order valence-electron chi connectivity index (χ3n) is 1.69. The Bertz CT molecular complexity index is 390. The fraction of sp³-hybridized carbons (Fsp3) is 0. The Morgan fingerprint density at radius 3 is 2.47 bits per heavy atom. The molecule has 0 amide bonds. The molecule has 1 aromatic carbocycles. The van der Waals surface area contributed by atoms with Crippen LogP contribution < -0.4 is 9.31 Å². The van der Waals surface area contributed by atoms with Crippen LogP contribution in [0.15, 0.2) is 47.8 Å². The van der Waals surface area contributed by atoms with Crippen molar-refractivity contribution >= 4 is 18.7 Å². The first-order valence-corrected chi connectivity index (χ1v) is 5.32. The van der Waals surface area contributed by atoms with Crippen molar-refractivity contribution in [2.45, 2.75) is 0 Å². The van der Waals surface area contributed by atoms with Gasteiger partial charge in [0.25, 0.3) is 0 Å². The van der Waals surface area contributed by atoms with Crippen LogP contribution in [-0.2, 0) is 0 Å². The van der Waals surface area contributed by atoms with Gasteiger partial charge in [-0.1, -0.05) is 18.2 Å². The lowest BCUT2D eigenvalue weighted by Crippen LogP contribution is -2.29. The molecule has 76 valence electrons. The van der Waals surface area contributed by atoms with E-state index in [1.165, 1.54) is 11.3 Å². The predicted octanol–water partition coefficient (Wildman–Crippen LogP) is 2.18. The smallest absolute Gasteiger partial charge is 0.501 e. The van der Waals surface area contributed by atoms with Gasteiger partial charge >= 0.3 is 7.32 Å². The van der Waals surface area contributed by atoms with Gasteiger partial charge in [0.1, 0.15) is 5.75 Å². The summed E-state index contributed by atoms with van der Waals surface area (Å²) in [5.41, 5.74) is 0. The second kappa shape index (κ2) is 4.86. The third-order valence-corrected chi connectivity index (χ3v) is 2.45. The minimum absolute atomic E-state index is 0.571. The van der Waals surface area contributed by atoms with Gasteiger partial charge in [-0.3, -0.25) is 0 Å². The average Bonchev–Trinajstić information content (AvgIpc) is 2.71. The molecule has 1 heterocycles. The minimum atomic E-state index is -1.27. The maximum atomic E-state index is 9.44. The second-order valence-electron chi connectivity index (χ2n) is 2.79. The van der Waals surface area contributed by atoms with Crippen LogP contribution in [0, 0.1) is 0 Å². The van der Waals surface area contributed by atoms with Gasteiger partial charge in [-0.25, -0.2) is 0 Å². The standard InChI is InChI=1S/C10H9BO3S/c12-11(14-10-7-4-8-15-10)13-9-5-2-1-3-6-9/h1-8,12H. The van der Waals surface area contributed by atoms with E-state index in [1.807, 2.05) is 29.6 Å². The molecule has 0 aliphatic carbocycles. The van der Waals surface area contributed by atoms with Gasteiger partial charge in [0.15, 0.2) is 5.06 Å². The van der Waals surface area contributed by atoms with Crippen LogP contribution in [0.2, 0.25) is 0 Å². The lowest BCUT2D eigenvalue weighted by molar-refractivity contribution is 0.301. The molecule has 0 unspecified atom stereocenters. The molecular weight excluding hydrogens is 211 g/mol. The molecule has 5 heteroatoms. The molecule has 0 bridgehead atoms.